The smallest absolute Gasteiger partial charge is 0.255 e. The lowest BCUT2D eigenvalue weighted by Gasteiger charge is -2.09. The highest BCUT2D eigenvalue weighted by molar-refractivity contribution is 6.04. The summed E-state index contributed by atoms with van der Waals surface area (Å²) in [7, 11) is 1.56. The van der Waals surface area contributed by atoms with Crippen molar-refractivity contribution in [2.75, 3.05) is 29.6 Å². The van der Waals surface area contributed by atoms with E-state index in [4.69, 9.17) is 4.74 Å². The van der Waals surface area contributed by atoms with Crippen LogP contribution in [0, 0.1) is 11.6 Å². The minimum absolute atomic E-state index is 0.0869. The first-order valence-corrected chi connectivity index (χ1v) is 8.99. The molecule has 3 rings (SSSR count). The van der Waals surface area contributed by atoms with Gasteiger partial charge in [0.2, 0.25) is 5.91 Å². The standard InChI is InChI=1S/C22H19F2N3O3/c1-30-18-9-6-16(7-10-18)27-22(29)14-2-4-15(5-3-14)25-13-21(28)26-17-8-11-19(23)20(24)12-17/h2-12,25H,13H2,1H3,(H,26,28)(H,27,29). The summed E-state index contributed by atoms with van der Waals surface area (Å²) in [6, 6.07) is 16.6. The van der Waals surface area contributed by atoms with Crippen molar-refractivity contribution in [2.45, 2.75) is 0 Å². The van der Waals surface area contributed by atoms with Gasteiger partial charge in [0, 0.05) is 28.7 Å². The molecule has 0 aliphatic carbocycles. The zero-order chi connectivity index (χ0) is 21.5. The molecule has 0 heterocycles. The summed E-state index contributed by atoms with van der Waals surface area (Å²) < 4.78 is 31.2. The molecule has 3 aromatic rings. The zero-order valence-electron chi connectivity index (χ0n) is 16.0. The SMILES string of the molecule is COc1ccc(NC(=O)c2ccc(NCC(=O)Nc3ccc(F)c(F)c3)cc2)cc1. The highest BCUT2D eigenvalue weighted by Gasteiger charge is 2.08. The molecule has 0 saturated heterocycles. The molecule has 0 bridgehead atoms. The van der Waals surface area contributed by atoms with Crippen molar-refractivity contribution in [3.05, 3.63) is 83.9 Å². The lowest BCUT2D eigenvalue weighted by atomic mass is 10.2. The number of carbonyl (C=O) groups is 2. The first-order chi connectivity index (χ1) is 14.4. The van der Waals surface area contributed by atoms with Crippen LogP contribution in [-0.4, -0.2) is 25.5 Å². The van der Waals surface area contributed by atoms with Gasteiger partial charge in [0.25, 0.3) is 5.91 Å². The largest absolute Gasteiger partial charge is 0.497 e. The average molecular weight is 411 g/mol. The first-order valence-electron chi connectivity index (χ1n) is 8.99. The van der Waals surface area contributed by atoms with E-state index in [1.54, 1.807) is 55.6 Å². The molecule has 30 heavy (non-hydrogen) atoms. The lowest BCUT2D eigenvalue weighted by Crippen LogP contribution is -2.22. The van der Waals surface area contributed by atoms with Crippen LogP contribution >= 0.6 is 0 Å². The van der Waals surface area contributed by atoms with Gasteiger partial charge in [0.05, 0.1) is 13.7 Å². The van der Waals surface area contributed by atoms with E-state index < -0.39 is 17.5 Å². The quantitative estimate of drug-likeness (QED) is 0.542. The second kappa shape index (κ2) is 9.51. The zero-order valence-corrected chi connectivity index (χ0v) is 16.0. The van der Waals surface area contributed by atoms with Crippen LogP contribution in [0.15, 0.2) is 66.7 Å². The first kappa shape index (κ1) is 20.8. The van der Waals surface area contributed by atoms with Gasteiger partial charge in [-0.1, -0.05) is 0 Å². The normalized spacial score (nSPS) is 10.2. The summed E-state index contributed by atoms with van der Waals surface area (Å²) in [6.07, 6.45) is 0. The molecule has 0 unspecified atom stereocenters. The molecule has 0 fully saturated rings. The molecule has 0 spiro atoms. The van der Waals surface area contributed by atoms with Gasteiger partial charge in [-0.3, -0.25) is 9.59 Å². The van der Waals surface area contributed by atoms with Gasteiger partial charge in [-0.2, -0.15) is 0 Å². The number of halogens is 2. The van der Waals surface area contributed by atoms with Crippen LogP contribution in [0.25, 0.3) is 0 Å². The lowest BCUT2D eigenvalue weighted by molar-refractivity contribution is -0.114. The highest BCUT2D eigenvalue weighted by Crippen LogP contribution is 2.17. The number of ether oxygens (including phenoxy) is 1. The third-order valence-electron chi connectivity index (χ3n) is 4.15. The van der Waals surface area contributed by atoms with E-state index in [9.17, 15) is 18.4 Å². The van der Waals surface area contributed by atoms with E-state index in [1.165, 1.54) is 6.07 Å². The Bertz CT molecular complexity index is 1040. The van der Waals surface area contributed by atoms with Crippen molar-refractivity contribution in [3.8, 4) is 5.75 Å². The highest BCUT2D eigenvalue weighted by atomic mass is 19.2. The summed E-state index contributed by atoms with van der Waals surface area (Å²) in [5, 5.41) is 8.14. The minimum Gasteiger partial charge on any atom is -0.497 e. The molecule has 3 aromatic carbocycles. The van der Waals surface area contributed by atoms with Gasteiger partial charge in [0.1, 0.15) is 5.75 Å². The molecule has 3 N–H and O–H groups in total. The molecule has 2 amide bonds. The predicted molar refractivity (Wildman–Crippen MR) is 111 cm³/mol. The molecule has 6 nitrogen and oxygen atoms in total. The maximum atomic E-state index is 13.2. The van der Waals surface area contributed by atoms with Crippen LogP contribution < -0.4 is 20.7 Å². The van der Waals surface area contributed by atoms with Crippen molar-refractivity contribution in [2.24, 2.45) is 0 Å². The molecule has 154 valence electrons. The van der Waals surface area contributed by atoms with Crippen LogP contribution in [-0.2, 0) is 4.79 Å². The number of nitrogens with one attached hydrogen (secondary N) is 3. The van der Waals surface area contributed by atoms with Crippen LogP contribution in [0.3, 0.4) is 0 Å². The Balaban J connectivity index is 1.51. The third-order valence-corrected chi connectivity index (χ3v) is 4.15. The van der Waals surface area contributed by atoms with Gasteiger partial charge >= 0.3 is 0 Å². The fourth-order valence-electron chi connectivity index (χ4n) is 2.58. The predicted octanol–water partition coefficient (Wildman–Crippen LogP) is 4.28. The van der Waals surface area contributed by atoms with Gasteiger partial charge in [-0.15, -0.1) is 0 Å². The van der Waals surface area contributed by atoms with Crippen molar-refractivity contribution in [1.82, 2.24) is 0 Å². The molecule has 0 atom stereocenters. The van der Waals surface area contributed by atoms with Gasteiger partial charge < -0.3 is 20.7 Å². The van der Waals surface area contributed by atoms with Crippen LogP contribution in [0.1, 0.15) is 10.4 Å². The summed E-state index contributed by atoms with van der Waals surface area (Å²) in [6.45, 7) is -0.0869. The van der Waals surface area contributed by atoms with E-state index in [1.807, 2.05) is 0 Å². The third kappa shape index (κ3) is 5.54. The molecule has 0 saturated carbocycles. The number of anilines is 3. The Labute approximate surface area is 171 Å². The maximum absolute atomic E-state index is 13.2. The Morgan fingerprint density at radius 1 is 0.800 bits per heavy atom. The van der Waals surface area contributed by atoms with Crippen LogP contribution in [0.4, 0.5) is 25.8 Å². The van der Waals surface area contributed by atoms with Crippen molar-refractivity contribution < 1.29 is 23.1 Å². The Morgan fingerprint density at radius 2 is 1.43 bits per heavy atom. The number of rotatable bonds is 7. The molecule has 0 aromatic heterocycles. The molecule has 0 radical (unpaired) electrons. The van der Waals surface area contributed by atoms with Crippen LogP contribution in [0.5, 0.6) is 5.75 Å². The number of benzene rings is 3. The molecular formula is C22H19F2N3O3. The summed E-state index contributed by atoms with van der Waals surface area (Å²) >= 11 is 0. The monoisotopic (exact) mass is 411 g/mol. The summed E-state index contributed by atoms with van der Waals surface area (Å²) in [5.41, 5.74) is 1.86. The number of carbonyl (C=O) groups excluding carboxylic acids is 2. The molecule has 0 aliphatic rings. The van der Waals surface area contributed by atoms with Gasteiger partial charge in [0.15, 0.2) is 11.6 Å². The van der Waals surface area contributed by atoms with E-state index in [0.717, 1.165) is 12.1 Å². The summed E-state index contributed by atoms with van der Waals surface area (Å²) in [4.78, 5) is 24.3. The van der Waals surface area contributed by atoms with Gasteiger partial charge in [-0.05, 0) is 60.7 Å². The van der Waals surface area contributed by atoms with Gasteiger partial charge in [-0.25, -0.2) is 8.78 Å². The second-order valence-corrected chi connectivity index (χ2v) is 6.29. The van der Waals surface area contributed by atoms with E-state index in [0.29, 0.717) is 22.7 Å². The van der Waals surface area contributed by atoms with Crippen LogP contribution in [0.2, 0.25) is 0 Å². The number of methoxy groups -OCH3 is 1. The average Bonchev–Trinajstić information content (AvgIpc) is 2.76. The molecular weight excluding hydrogens is 392 g/mol. The maximum Gasteiger partial charge on any atom is 0.255 e. The Kier molecular flexibility index (Phi) is 6.59. The minimum atomic E-state index is -1.04. The Morgan fingerprint density at radius 3 is 2.07 bits per heavy atom. The van der Waals surface area contributed by atoms with Crippen molar-refractivity contribution in [1.29, 1.82) is 0 Å². The van der Waals surface area contributed by atoms with E-state index in [-0.39, 0.29) is 18.1 Å². The number of amides is 2. The number of hydrogen-bond donors (Lipinski definition) is 3. The van der Waals surface area contributed by atoms with E-state index >= 15 is 0 Å². The summed E-state index contributed by atoms with van der Waals surface area (Å²) in [5.74, 6) is -2.03. The second-order valence-electron chi connectivity index (χ2n) is 6.29. The molecule has 0 aliphatic heterocycles. The Hall–Kier alpha value is -3.94. The fourth-order valence-corrected chi connectivity index (χ4v) is 2.58. The van der Waals surface area contributed by atoms with Crippen molar-refractivity contribution in [3.63, 3.8) is 0 Å². The number of hydrogen-bond acceptors (Lipinski definition) is 4. The topological polar surface area (TPSA) is 79.5 Å². The van der Waals surface area contributed by atoms with Crippen molar-refractivity contribution >= 4 is 28.9 Å². The van der Waals surface area contributed by atoms with E-state index in [2.05, 4.69) is 16.0 Å². The molecule has 8 heteroatoms. The fraction of sp³-hybridized carbons (Fsp3) is 0.0909.